The third-order valence-electron chi connectivity index (χ3n) is 4.81. The van der Waals surface area contributed by atoms with Gasteiger partial charge in [-0.05, 0) is 29.4 Å². The zero-order chi connectivity index (χ0) is 14.8. The summed E-state index contributed by atoms with van der Waals surface area (Å²) in [5.41, 5.74) is 2.60. The van der Waals surface area contributed by atoms with Crippen molar-refractivity contribution in [2.75, 3.05) is 0 Å². The lowest BCUT2D eigenvalue weighted by Gasteiger charge is -2.32. The highest BCUT2D eigenvalue weighted by molar-refractivity contribution is 5.86. The standard InChI is InChI=1S/C19H28O/c1-18(2,3)16-10-8-15(9-11-16)14-17(20)19(4)12-6-5-7-13-19/h8-11H,5-7,12-14H2,1-4H3. The largest absolute Gasteiger partial charge is 0.299 e. The van der Waals surface area contributed by atoms with Crippen LogP contribution in [0.25, 0.3) is 0 Å². The molecule has 20 heavy (non-hydrogen) atoms. The van der Waals surface area contributed by atoms with Crippen molar-refractivity contribution in [3.05, 3.63) is 35.4 Å². The van der Waals surface area contributed by atoms with Crippen molar-refractivity contribution < 1.29 is 4.79 Å². The quantitative estimate of drug-likeness (QED) is 0.751. The predicted octanol–water partition coefficient (Wildman–Crippen LogP) is 5.07. The Kier molecular flexibility index (Phi) is 4.36. The number of hydrogen-bond donors (Lipinski definition) is 0. The van der Waals surface area contributed by atoms with E-state index in [4.69, 9.17) is 0 Å². The molecule has 0 spiro atoms. The number of carbonyl (C=O) groups excluding carboxylic acids is 1. The molecule has 0 heterocycles. The molecule has 1 fully saturated rings. The van der Waals surface area contributed by atoms with Crippen LogP contribution < -0.4 is 0 Å². The lowest BCUT2D eigenvalue weighted by molar-refractivity contribution is -0.128. The van der Waals surface area contributed by atoms with Crippen LogP contribution in [-0.2, 0) is 16.6 Å². The van der Waals surface area contributed by atoms with Crippen LogP contribution in [0.2, 0.25) is 0 Å². The van der Waals surface area contributed by atoms with E-state index in [0.717, 1.165) is 18.4 Å². The average molecular weight is 272 g/mol. The molecule has 0 unspecified atom stereocenters. The first-order valence-corrected chi connectivity index (χ1v) is 7.94. The van der Waals surface area contributed by atoms with Gasteiger partial charge >= 0.3 is 0 Å². The summed E-state index contributed by atoms with van der Waals surface area (Å²) in [5.74, 6) is 0.431. The van der Waals surface area contributed by atoms with Crippen LogP contribution in [0.1, 0.15) is 70.9 Å². The first-order valence-electron chi connectivity index (χ1n) is 7.94. The molecule has 2 rings (SSSR count). The highest BCUT2D eigenvalue weighted by Gasteiger charge is 2.33. The number of hydrogen-bond acceptors (Lipinski definition) is 1. The number of carbonyl (C=O) groups is 1. The van der Waals surface area contributed by atoms with Crippen molar-refractivity contribution in [2.45, 2.75) is 71.6 Å². The zero-order valence-corrected chi connectivity index (χ0v) is 13.5. The molecule has 0 atom stereocenters. The highest BCUT2D eigenvalue weighted by atomic mass is 16.1. The molecule has 0 saturated heterocycles. The van der Waals surface area contributed by atoms with E-state index in [2.05, 4.69) is 52.0 Å². The minimum absolute atomic E-state index is 0.0685. The van der Waals surface area contributed by atoms with E-state index in [1.165, 1.54) is 24.8 Å². The van der Waals surface area contributed by atoms with Gasteiger partial charge in [-0.2, -0.15) is 0 Å². The summed E-state index contributed by atoms with van der Waals surface area (Å²) in [5, 5.41) is 0. The van der Waals surface area contributed by atoms with Crippen LogP contribution in [0.4, 0.5) is 0 Å². The summed E-state index contributed by atoms with van der Waals surface area (Å²) >= 11 is 0. The molecule has 0 amide bonds. The first kappa shape index (κ1) is 15.3. The Morgan fingerprint density at radius 1 is 1.05 bits per heavy atom. The van der Waals surface area contributed by atoms with Gasteiger partial charge in [0.1, 0.15) is 5.78 Å². The molecule has 1 nitrogen and oxygen atoms in total. The second kappa shape index (κ2) is 5.71. The molecule has 0 radical (unpaired) electrons. The number of rotatable bonds is 3. The Bertz CT molecular complexity index is 456. The van der Waals surface area contributed by atoms with Gasteiger partial charge in [0.05, 0.1) is 0 Å². The Morgan fingerprint density at radius 3 is 2.10 bits per heavy atom. The van der Waals surface area contributed by atoms with Crippen molar-refractivity contribution in [3.8, 4) is 0 Å². The fourth-order valence-electron chi connectivity index (χ4n) is 3.13. The second-order valence-corrected chi connectivity index (χ2v) is 7.67. The van der Waals surface area contributed by atoms with Gasteiger partial charge in [0, 0.05) is 11.8 Å². The van der Waals surface area contributed by atoms with E-state index >= 15 is 0 Å². The first-order chi connectivity index (χ1) is 9.31. The van der Waals surface area contributed by atoms with E-state index in [-0.39, 0.29) is 10.8 Å². The molecule has 0 N–H and O–H groups in total. The summed E-state index contributed by atoms with van der Waals surface area (Å²) in [4.78, 5) is 12.6. The van der Waals surface area contributed by atoms with Crippen molar-refractivity contribution in [3.63, 3.8) is 0 Å². The normalized spacial score (nSPS) is 18.8. The van der Waals surface area contributed by atoms with Crippen LogP contribution in [0.5, 0.6) is 0 Å². The van der Waals surface area contributed by atoms with Crippen LogP contribution in [0, 0.1) is 5.41 Å². The van der Waals surface area contributed by atoms with Gasteiger partial charge in [-0.3, -0.25) is 4.79 Å². The monoisotopic (exact) mass is 272 g/mol. The Balaban J connectivity index is 2.04. The van der Waals surface area contributed by atoms with Crippen molar-refractivity contribution in [1.29, 1.82) is 0 Å². The molecule has 1 aromatic rings. The van der Waals surface area contributed by atoms with Gasteiger partial charge in [0.2, 0.25) is 0 Å². The number of Topliss-reactive ketones (excluding diaryl/α,β-unsaturated/α-hetero) is 1. The summed E-state index contributed by atoms with van der Waals surface area (Å²) in [7, 11) is 0. The number of ketones is 1. The molecule has 0 aliphatic heterocycles. The minimum Gasteiger partial charge on any atom is -0.299 e. The van der Waals surface area contributed by atoms with Crippen molar-refractivity contribution in [1.82, 2.24) is 0 Å². The molecule has 1 aromatic carbocycles. The van der Waals surface area contributed by atoms with Gasteiger partial charge in [0.25, 0.3) is 0 Å². The Hall–Kier alpha value is -1.11. The third-order valence-corrected chi connectivity index (χ3v) is 4.81. The molecule has 0 bridgehead atoms. The topological polar surface area (TPSA) is 17.1 Å². The highest BCUT2D eigenvalue weighted by Crippen LogP contribution is 2.37. The van der Waals surface area contributed by atoms with E-state index in [1.807, 2.05) is 0 Å². The summed E-state index contributed by atoms with van der Waals surface area (Å²) in [6.07, 6.45) is 6.47. The van der Waals surface area contributed by atoms with Crippen LogP contribution in [0.3, 0.4) is 0 Å². The molecule has 0 aromatic heterocycles. The maximum Gasteiger partial charge on any atom is 0.143 e. The maximum atomic E-state index is 12.6. The lowest BCUT2D eigenvalue weighted by Crippen LogP contribution is -2.31. The Morgan fingerprint density at radius 2 is 1.60 bits per heavy atom. The Labute approximate surface area is 123 Å². The lowest BCUT2D eigenvalue weighted by atomic mass is 9.71. The second-order valence-electron chi connectivity index (χ2n) is 7.67. The van der Waals surface area contributed by atoms with E-state index in [0.29, 0.717) is 12.2 Å². The van der Waals surface area contributed by atoms with Gasteiger partial charge in [0.15, 0.2) is 0 Å². The zero-order valence-electron chi connectivity index (χ0n) is 13.5. The maximum absolute atomic E-state index is 12.6. The van der Waals surface area contributed by atoms with E-state index in [9.17, 15) is 4.79 Å². The van der Waals surface area contributed by atoms with Gasteiger partial charge in [-0.1, -0.05) is 71.2 Å². The van der Waals surface area contributed by atoms with Gasteiger partial charge < -0.3 is 0 Å². The van der Waals surface area contributed by atoms with Crippen LogP contribution in [0.15, 0.2) is 24.3 Å². The fourth-order valence-corrected chi connectivity index (χ4v) is 3.13. The number of benzene rings is 1. The average Bonchev–Trinajstić information content (AvgIpc) is 2.39. The summed E-state index contributed by atoms with van der Waals surface area (Å²) < 4.78 is 0. The smallest absolute Gasteiger partial charge is 0.143 e. The fraction of sp³-hybridized carbons (Fsp3) is 0.632. The van der Waals surface area contributed by atoms with Gasteiger partial charge in [-0.15, -0.1) is 0 Å². The summed E-state index contributed by atoms with van der Waals surface area (Å²) in [6, 6.07) is 8.60. The van der Waals surface area contributed by atoms with Crippen molar-refractivity contribution >= 4 is 5.78 Å². The van der Waals surface area contributed by atoms with E-state index < -0.39 is 0 Å². The van der Waals surface area contributed by atoms with Crippen molar-refractivity contribution in [2.24, 2.45) is 5.41 Å². The molecule has 1 aliphatic carbocycles. The van der Waals surface area contributed by atoms with Gasteiger partial charge in [-0.25, -0.2) is 0 Å². The molecule has 1 heteroatoms. The van der Waals surface area contributed by atoms with E-state index in [1.54, 1.807) is 0 Å². The minimum atomic E-state index is -0.0685. The summed E-state index contributed by atoms with van der Waals surface area (Å²) in [6.45, 7) is 8.82. The molecule has 1 aliphatic rings. The predicted molar refractivity (Wildman–Crippen MR) is 85.0 cm³/mol. The van der Waals surface area contributed by atoms with Crippen LogP contribution in [-0.4, -0.2) is 5.78 Å². The molecular formula is C19H28O. The molecular weight excluding hydrogens is 244 g/mol. The third kappa shape index (κ3) is 3.50. The SMILES string of the molecule is CC1(C(=O)Cc2ccc(C(C)(C)C)cc2)CCCCC1. The molecule has 110 valence electrons. The molecule has 1 saturated carbocycles. The van der Waals surface area contributed by atoms with Crippen LogP contribution >= 0.6 is 0 Å².